The molecule has 0 fully saturated rings. The molecule has 1 amide bonds. The maximum absolute atomic E-state index is 13.6. The number of aromatic nitrogens is 1. The van der Waals surface area contributed by atoms with E-state index in [4.69, 9.17) is 9.47 Å². The maximum atomic E-state index is 13.6. The molecule has 1 aromatic carbocycles. The Morgan fingerprint density at radius 1 is 0.596 bits per heavy atom. The van der Waals surface area contributed by atoms with Gasteiger partial charge in [-0.25, -0.2) is 4.57 Å². The lowest BCUT2D eigenvalue weighted by molar-refractivity contribution is -0.701. The second-order valence-corrected chi connectivity index (χ2v) is 15.3. The molecular weight excluding hydrogens is 641 g/mol. The Morgan fingerprint density at radius 3 is 1.60 bits per heavy atom. The molecule has 0 saturated heterocycles. The van der Waals surface area contributed by atoms with E-state index >= 15 is 0 Å². The van der Waals surface area contributed by atoms with Crippen molar-refractivity contribution in [2.45, 2.75) is 220 Å². The minimum atomic E-state index is -0.526. The lowest BCUT2D eigenvalue weighted by atomic mass is 10.0. The van der Waals surface area contributed by atoms with E-state index in [1.165, 1.54) is 148 Å². The first-order valence-corrected chi connectivity index (χ1v) is 22.2. The number of pyridine rings is 1. The number of carbonyl (C=O) groups is 1. The van der Waals surface area contributed by atoms with Gasteiger partial charge in [-0.3, -0.25) is 4.79 Å². The molecule has 0 aliphatic carbocycles. The number of nitrogens with one attached hydrogen (secondary N) is 1. The molecule has 1 aromatic heterocycles. The van der Waals surface area contributed by atoms with Crippen molar-refractivity contribution >= 4 is 5.91 Å². The Labute approximate surface area is 321 Å². The summed E-state index contributed by atoms with van der Waals surface area (Å²) in [5, 5.41) is 3.19. The van der Waals surface area contributed by atoms with Crippen molar-refractivity contribution in [2.75, 3.05) is 6.61 Å². The lowest BCUT2D eigenvalue weighted by Gasteiger charge is -2.21. The Hall–Kier alpha value is -2.56. The summed E-state index contributed by atoms with van der Waals surface area (Å²) in [4.78, 5) is 13.6. The van der Waals surface area contributed by atoms with Gasteiger partial charge in [0, 0.05) is 17.7 Å². The molecule has 0 bridgehead atoms. The van der Waals surface area contributed by atoms with Gasteiger partial charge < -0.3 is 14.8 Å². The van der Waals surface area contributed by atoms with Crippen molar-refractivity contribution < 1.29 is 18.8 Å². The Bertz CT molecular complexity index is 1140. The van der Waals surface area contributed by atoms with Gasteiger partial charge in [-0.2, -0.15) is 0 Å². The third kappa shape index (κ3) is 21.8. The summed E-state index contributed by atoms with van der Waals surface area (Å²) in [6.07, 6.45) is 36.8. The van der Waals surface area contributed by atoms with E-state index in [1.54, 1.807) is 0 Å². The molecule has 0 spiro atoms. The van der Waals surface area contributed by atoms with Crippen LogP contribution in [0.5, 0.6) is 11.5 Å². The topological polar surface area (TPSA) is 51.4 Å². The molecule has 1 atom stereocenters. The van der Waals surface area contributed by atoms with E-state index in [-0.39, 0.29) is 5.91 Å². The molecule has 0 saturated carbocycles. The van der Waals surface area contributed by atoms with Gasteiger partial charge in [-0.15, -0.1) is 0 Å². The lowest BCUT2D eigenvalue weighted by Crippen LogP contribution is -2.43. The Morgan fingerprint density at radius 2 is 1.08 bits per heavy atom. The normalized spacial score (nSPS) is 11.8. The van der Waals surface area contributed by atoms with Crippen molar-refractivity contribution in [3.05, 3.63) is 53.9 Å². The van der Waals surface area contributed by atoms with Crippen molar-refractivity contribution in [1.82, 2.24) is 5.32 Å². The first-order chi connectivity index (χ1) is 25.6. The first-order valence-electron chi connectivity index (χ1n) is 22.2. The second kappa shape index (κ2) is 31.9. The van der Waals surface area contributed by atoms with E-state index in [1.807, 2.05) is 30.3 Å². The first kappa shape index (κ1) is 45.6. The van der Waals surface area contributed by atoms with Gasteiger partial charge >= 0.3 is 0 Å². The fraction of sp³-hybridized carbons (Fsp3) is 0.745. The molecule has 5 nitrogen and oxygen atoms in total. The number of rotatable bonds is 35. The number of amides is 1. The molecule has 1 unspecified atom stereocenters. The second-order valence-electron chi connectivity index (χ2n) is 15.3. The third-order valence-corrected chi connectivity index (χ3v) is 10.7. The highest BCUT2D eigenvalue weighted by Gasteiger charge is 2.23. The highest BCUT2D eigenvalue weighted by Crippen LogP contribution is 2.29. The average molecular weight is 722 g/mol. The van der Waals surface area contributed by atoms with Crippen LogP contribution >= 0.6 is 0 Å². The predicted molar refractivity (Wildman–Crippen MR) is 221 cm³/mol. The van der Waals surface area contributed by atoms with Crippen LogP contribution in [0, 0.1) is 6.92 Å². The molecule has 0 aliphatic rings. The summed E-state index contributed by atoms with van der Waals surface area (Å²) in [5.41, 5.74) is 2.07. The number of carbonyl (C=O) groups excluding carboxylic acids is 1. The Kier molecular flexibility index (Phi) is 28.0. The van der Waals surface area contributed by atoms with E-state index < -0.39 is 6.10 Å². The van der Waals surface area contributed by atoms with Gasteiger partial charge in [0.15, 0.2) is 12.3 Å². The van der Waals surface area contributed by atoms with Crippen LogP contribution in [0.2, 0.25) is 0 Å². The highest BCUT2D eigenvalue weighted by atomic mass is 16.5. The van der Waals surface area contributed by atoms with Crippen LogP contribution in [0.15, 0.2) is 42.6 Å². The fourth-order valence-electron chi connectivity index (χ4n) is 7.20. The molecule has 1 heterocycles. The zero-order valence-corrected chi connectivity index (χ0v) is 34.5. The predicted octanol–water partition coefficient (Wildman–Crippen LogP) is 13.3. The van der Waals surface area contributed by atoms with Gasteiger partial charge in [0.1, 0.15) is 24.6 Å². The van der Waals surface area contributed by atoms with Gasteiger partial charge in [0.25, 0.3) is 5.91 Å². The number of aryl methyl sites for hydroxylation is 1. The zero-order valence-electron chi connectivity index (χ0n) is 34.5. The van der Waals surface area contributed by atoms with E-state index in [0.717, 1.165) is 61.6 Å². The number of nitrogens with zero attached hydrogens (tertiary/aromatic N) is 1. The van der Waals surface area contributed by atoms with Gasteiger partial charge in [0.05, 0.1) is 6.61 Å². The van der Waals surface area contributed by atoms with Crippen LogP contribution in [0.25, 0.3) is 0 Å². The zero-order chi connectivity index (χ0) is 37.3. The summed E-state index contributed by atoms with van der Waals surface area (Å²) < 4.78 is 14.9. The molecule has 2 rings (SSSR count). The molecule has 296 valence electrons. The van der Waals surface area contributed by atoms with Crippen LogP contribution in [0.3, 0.4) is 0 Å². The number of hydrogen-bond donors (Lipinski definition) is 1. The van der Waals surface area contributed by atoms with Crippen molar-refractivity contribution in [3.8, 4) is 11.5 Å². The summed E-state index contributed by atoms with van der Waals surface area (Å²) in [5.74, 6) is 1.58. The van der Waals surface area contributed by atoms with Crippen LogP contribution in [0.4, 0.5) is 0 Å². The number of benzene rings is 1. The molecule has 0 radical (unpaired) electrons. The van der Waals surface area contributed by atoms with E-state index in [9.17, 15) is 4.79 Å². The Balaban J connectivity index is 1.77. The minimum Gasteiger partial charge on any atom is -0.493 e. The van der Waals surface area contributed by atoms with Crippen LogP contribution in [0.1, 0.15) is 205 Å². The molecular formula is C47H81N2O3+. The van der Waals surface area contributed by atoms with Gasteiger partial charge in [-0.1, -0.05) is 180 Å². The van der Waals surface area contributed by atoms with Gasteiger partial charge in [-0.05, 0) is 45.2 Å². The molecule has 0 aliphatic heterocycles. The fourth-order valence-corrected chi connectivity index (χ4v) is 7.20. The van der Waals surface area contributed by atoms with E-state index in [2.05, 4.69) is 49.8 Å². The quantitative estimate of drug-likeness (QED) is 0.0569. The molecule has 1 N–H and O–H groups in total. The van der Waals surface area contributed by atoms with Crippen LogP contribution in [-0.4, -0.2) is 18.6 Å². The van der Waals surface area contributed by atoms with E-state index in [0.29, 0.717) is 6.54 Å². The number of hydrogen-bond acceptors (Lipinski definition) is 3. The van der Waals surface area contributed by atoms with Crippen LogP contribution in [-0.2, 0) is 17.9 Å². The number of ether oxygens (including phenoxy) is 2. The van der Waals surface area contributed by atoms with Crippen LogP contribution < -0.4 is 19.4 Å². The van der Waals surface area contributed by atoms with Gasteiger partial charge in [0.2, 0.25) is 5.69 Å². The highest BCUT2D eigenvalue weighted by molar-refractivity contribution is 5.81. The molecule has 2 aromatic rings. The van der Waals surface area contributed by atoms with Crippen molar-refractivity contribution in [1.29, 1.82) is 0 Å². The standard InChI is InChI=1S/C47H80N2O3/c1-5-8-10-12-14-16-18-20-21-22-24-26-28-30-36-46(47(50)48-41-43-35-31-32-39-49(43)7-3)52-45-38-34-37-44(42(45)4)51-40-33-29-27-25-23-19-17-15-13-11-9-6-2/h31-32,34-35,37-39,46H,5-30,33,36,40-41H2,1-4H3/p+1. The minimum absolute atomic E-state index is 0.0385. The molecule has 5 heteroatoms. The summed E-state index contributed by atoms with van der Waals surface area (Å²) in [6.45, 7) is 10.8. The monoisotopic (exact) mass is 722 g/mol. The summed E-state index contributed by atoms with van der Waals surface area (Å²) >= 11 is 0. The molecule has 52 heavy (non-hydrogen) atoms. The summed E-state index contributed by atoms with van der Waals surface area (Å²) in [6, 6.07) is 12.2. The largest absolute Gasteiger partial charge is 0.493 e. The van der Waals surface area contributed by atoms with Crippen molar-refractivity contribution in [2.24, 2.45) is 0 Å². The average Bonchev–Trinajstić information content (AvgIpc) is 3.16. The maximum Gasteiger partial charge on any atom is 0.261 e. The summed E-state index contributed by atoms with van der Waals surface area (Å²) in [7, 11) is 0. The SMILES string of the molecule is CCCCCCCCCCCCCCCCC(Oc1cccc(OCCCCCCCCCCCCCC)c1C)C(=O)NCc1cccc[n+]1CC. The number of unbranched alkanes of at least 4 members (excludes halogenated alkanes) is 24. The third-order valence-electron chi connectivity index (χ3n) is 10.7. The van der Waals surface area contributed by atoms with Crippen molar-refractivity contribution in [3.63, 3.8) is 0 Å². The smallest absolute Gasteiger partial charge is 0.261 e.